The molecule has 1 aromatic carbocycles. The molecule has 0 bridgehead atoms. The first-order valence-corrected chi connectivity index (χ1v) is 8.75. The molecule has 0 aliphatic rings. The summed E-state index contributed by atoms with van der Waals surface area (Å²) in [5.41, 5.74) is 3.80. The molecule has 0 unspecified atom stereocenters. The van der Waals surface area contributed by atoms with Gasteiger partial charge in [0, 0.05) is 23.5 Å². The molecule has 1 amide bonds. The van der Waals surface area contributed by atoms with E-state index in [-0.39, 0.29) is 12.5 Å². The Kier molecular flexibility index (Phi) is 4.88. The smallest absolute Gasteiger partial charge is 0.253 e. The van der Waals surface area contributed by atoms with Crippen molar-refractivity contribution in [1.29, 1.82) is 0 Å². The topological polar surface area (TPSA) is 93.8 Å². The zero-order chi connectivity index (χ0) is 19.3. The zero-order valence-corrected chi connectivity index (χ0v) is 15.2. The molecule has 0 saturated carbocycles. The van der Waals surface area contributed by atoms with Gasteiger partial charge in [0.05, 0.1) is 23.5 Å². The molecule has 7 nitrogen and oxygen atoms in total. The lowest BCUT2D eigenvalue weighted by Gasteiger charge is -2.08. The van der Waals surface area contributed by atoms with Crippen molar-refractivity contribution in [2.75, 3.05) is 0 Å². The molecule has 3 aromatic heterocycles. The molecular formula is C21H17N5O2. The molecule has 7 heteroatoms. The summed E-state index contributed by atoms with van der Waals surface area (Å²) in [6.45, 7) is 1.95. The molecule has 0 aliphatic heterocycles. The highest BCUT2D eigenvalue weighted by Gasteiger charge is 2.14. The van der Waals surface area contributed by atoms with E-state index in [1.54, 1.807) is 30.6 Å². The van der Waals surface area contributed by atoms with E-state index in [9.17, 15) is 4.79 Å². The number of benzene rings is 1. The van der Waals surface area contributed by atoms with Crippen molar-refractivity contribution in [1.82, 2.24) is 25.4 Å². The summed E-state index contributed by atoms with van der Waals surface area (Å²) in [4.78, 5) is 25.3. The van der Waals surface area contributed by atoms with Gasteiger partial charge in [0.1, 0.15) is 0 Å². The number of carbonyl (C=O) groups is 1. The van der Waals surface area contributed by atoms with Gasteiger partial charge in [-0.1, -0.05) is 35.5 Å². The first-order valence-electron chi connectivity index (χ1n) is 8.75. The van der Waals surface area contributed by atoms with Gasteiger partial charge in [0.2, 0.25) is 11.7 Å². The molecule has 0 aliphatic carbocycles. The van der Waals surface area contributed by atoms with Crippen molar-refractivity contribution in [2.24, 2.45) is 0 Å². The highest BCUT2D eigenvalue weighted by molar-refractivity contribution is 5.95. The summed E-state index contributed by atoms with van der Waals surface area (Å²) < 4.78 is 5.20. The second kappa shape index (κ2) is 7.79. The Hall–Kier alpha value is -3.87. The number of aromatic nitrogens is 4. The fraction of sp³-hybridized carbons (Fsp3) is 0.0952. The summed E-state index contributed by atoms with van der Waals surface area (Å²) in [5, 5.41) is 6.71. The Labute approximate surface area is 161 Å². The van der Waals surface area contributed by atoms with Crippen molar-refractivity contribution in [3.63, 3.8) is 0 Å². The van der Waals surface area contributed by atoms with E-state index in [2.05, 4.69) is 25.4 Å². The fourth-order valence-electron chi connectivity index (χ4n) is 2.77. The summed E-state index contributed by atoms with van der Waals surface area (Å²) in [6, 6.07) is 17.0. The molecule has 0 saturated heterocycles. The van der Waals surface area contributed by atoms with E-state index >= 15 is 0 Å². The van der Waals surface area contributed by atoms with Crippen LogP contribution < -0.4 is 5.32 Å². The van der Waals surface area contributed by atoms with E-state index in [0.717, 1.165) is 16.8 Å². The number of nitrogens with zero attached hydrogens (tertiary/aromatic N) is 4. The molecular weight excluding hydrogens is 354 g/mol. The molecule has 0 radical (unpaired) electrons. The summed E-state index contributed by atoms with van der Waals surface area (Å²) in [6.07, 6.45) is 3.31. The molecule has 0 spiro atoms. The lowest BCUT2D eigenvalue weighted by atomic mass is 10.1. The van der Waals surface area contributed by atoms with E-state index in [0.29, 0.717) is 23.0 Å². The molecule has 0 fully saturated rings. The molecule has 28 heavy (non-hydrogen) atoms. The third-order valence-corrected chi connectivity index (χ3v) is 4.21. The van der Waals surface area contributed by atoms with Gasteiger partial charge in [-0.3, -0.25) is 14.8 Å². The van der Waals surface area contributed by atoms with E-state index < -0.39 is 0 Å². The van der Waals surface area contributed by atoms with E-state index in [4.69, 9.17) is 4.52 Å². The minimum atomic E-state index is -0.242. The van der Waals surface area contributed by atoms with Crippen LogP contribution in [0.3, 0.4) is 0 Å². The summed E-state index contributed by atoms with van der Waals surface area (Å²) in [7, 11) is 0. The number of rotatable bonds is 5. The van der Waals surface area contributed by atoms with Gasteiger partial charge in [0.15, 0.2) is 0 Å². The Morgan fingerprint density at radius 2 is 1.75 bits per heavy atom. The van der Waals surface area contributed by atoms with Gasteiger partial charge in [-0.15, -0.1) is 0 Å². The first-order chi connectivity index (χ1) is 13.7. The minimum absolute atomic E-state index is 0.136. The van der Waals surface area contributed by atoms with Crippen LogP contribution in [0.5, 0.6) is 0 Å². The number of aryl methyl sites for hydroxylation is 1. The van der Waals surface area contributed by atoms with Gasteiger partial charge >= 0.3 is 0 Å². The summed E-state index contributed by atoms with van der Waals surface area (Å²) >= 11 is 0. The highest BCUT2D eigenvalue weighted by Crippen LogP contribution is 2.19. The van der Waals surface area contributed by atoms with Crippen molar-refractivity contribution in [2.45, 2.75) is 13.5 Å². The van der Waals surface area contributed by atoms with Crippen LogP contribution in [0.4, 0.5) is 0 Å². The van der Waals surface area contributed by atoms with Crippen LogP contribution >= 0.6 is 0 Å². The normalized spacial score (nSPS) is 10.6. The molecule has 0 atom stereocenters. The third-order valence-electron chi connectivity index (χ3n) is 4.21. The molecule has 4 rings (SSSR count). The summed E-state index contributed by atoms with van der Waals surface area (Å²) in [5.74, 6) is 0.539. The third kappa shape index (κ3) is 3.78. The van der Waals surface area contributed by atoms with Crippen LogP contribution in [0, 0.1) is 6.92 Å². The van der Waals surface area contributed by atoms with Gasteiger partial charge < -0.3 is 9.84 Å². The zero-order valence-electron chi connectivity index (χ0n) is 15.2. The first kappa shape index (κ1) is 17.5. The van der Waals surface area contributed by atoms with Crippen LogP contribution in [0.15, 0.2) is 71.5 Å². The Morgan fingerprint density at radius 1 is 0.964 bits per heavy atom. The average Bonchev–Trinajstić information content (AvgIpc) is 3.22. The van der Waals surface area contributed by atoms with Gasteiger partial charge in [-0.2, -0.15) is 4.98 Å². The van der Waals surface area contributed by atoms with Crippen LogP contribution in [0.1, 0.15) is 21.9 Å². The SMILES string of the molecule is Cc1nc(-c2ccccc2)ccc1C(=O)NCc1nc(-c2ccncc2)no1. The Bertz CT molecular complexity index is 1090. The molecule has 1 N–H and O–H groups in total. The van der Waals surface area contributed by atoms with E-state index in [1.165, 1.54) is 0 Å². The maximum Gasteiger partial charge on any atom is 0.253 e. The number of nitrogens with one attached hydrogen (secondary N) is 1. The van der Waals surface area contributed by atoms with Gasteiger partial charge in [0.25, 0.3) is 5.91 Å². The predicted octanol–water partition coefficient (Wildman–Crippen LogP) is 3.43. The van der Waals surface area contributed by atoms with Crippen LogP contribution in [0.2, 0.25) is 0 Å². The monoisotopic (exact) mass is 371 g/mol. The van der Waals surface area contributed by atoms with Crippen LogP contribution in [-0.2, 0) is 6.54 Å². The molecule has 138 valence electrons. The Morgan fingerprint density at radius 3 is 2.50 bits per heavy atom. The van der Waals surface area contributed by atoms with Crippen molar-refractivity contribution in [3.05, 3.63) is 84.1 Å². The van der Waals surface area contributed by atoms with E-state index in [1.807, 2.05) is 43.3 Å². The molecule has 3 heterocycles. The Balaban J connectivity index is 1.44. The number of carbonyl (C=O) groups excluding carboxylic acids is 1. The fourth-order valence-corrected chi connectivity index (χ4v) is 2.77. The van der Waals surface area contributed by atoms with Gasteiger partial charge in [-0.25, -0.2) is 0 Å². The highest BCUT2D eigenvalue weighted by atomic mass is 16.5. The van der Waals surface area contributed by atoms with Crippen molar-refractivity contribution >= 4 is 5.91 Å². The lowest BCUT2D eigenvalue weighted by molar-refractivity contribution is 0.0945. The quantitative estimate of drug-likeness (QED) is 0.578. The average molecular weight is 371 g/mol. The second-order valence-corrected chi connectivity index (χ2v) is 6.13. The standard InChI is InChI=1S/C21H17N5O2/c1-14-17(7-8-18(24-14)15-5-3-2-4-6-15)21(27)23-13-19-25-20(26-28-19)16-9-11-22-12-10-16/h2-12H,13H2,1H3,(H,23,27). The van der Waals surface area contributed by atoms with Gasteiger partial charge in [-0.05, 0) is 31.2 Å². The van der Waals surface area contributed by atoms with Crippen molar-refractivity contribution in [3.8, 4) is 22.6 Å². The lowest BCUT2D eigenvalue weighted by Crippen LogP contribution is -2.24. The van der Waals surface area contributed by atoms with Crippen molar-refractivity contribution < 1.29 is 9.32 Å². The number of hydrogen-bond donors (Lipinski definition) is 1. The predicted molar refractivity (Wildman–Crippen MR) is 103 cm³/mol. The van der Waals surface area contributed by atoms with Crippen LogP contribution in [-0.4, -0.2) is 26.0 Å². The number of amides is 1. The maximum atomic E-state index is 12.5. The largest absolute Gasteiger partial charge is 0.343 e. The minimum Gasteiger partial charge on any atom is -0.343 e. The number of hydrogen-bond acceptors (Lipinski definition) is 6. The van der Waals surface area contributed by atoms with Crippen LogP contribution in [0.25, 0.3) is 22.6 Å². The number of pyridine rings is 2. The second-order valence-electron chi connectivity index (χ2n) is 6.13. The molecule has 4 aromatic rings. The maximum absolute atomic E-state index is 12.5.